The second kappa shape index (κ2) is 8.81. The summed E-state index contributed by atoms with van der Waals surface area (Å²) in [6.45, 7) is 1.18. The minimum atomic E-state index is -3.72. The van der Waals surface area contributed by atoms with Gasteiger partial charge in [-0.05, 0) is 53.8 Å². The predicted octanol–water partition coefficient (Wildman–Crippen LogP) is 2.83. The Morgan fingerprint density at radius 3 is 2.62 bits per heavy atom. The zero-order valence-corrected chi connectivity index (χ0v) is 20.7. The van der Waals surface area contributed by atoms with Gasteiger partial charge in [-0.15, -0.1) is 8.78 Å². The van der Waals surface area contributed by atoms with E-state index < -0.39 is 22.8 Å². The summed E-state index contributed by atoms with van der Waals surface area (Å²) in [7, 11) is 1.56. The molecule has 1 saturated heterocycles. The van der Waals surface area contributed by atoms with Crippen LogP contribution in [0.2, 0.25) is 0 Å². The van der Waals surface area contributed by atoms with Crippen LogP contribution in [0.5, 0.6) is 23.0 Å². The quantitative estimate of drug-likeness (QED) is 0.540. The summed E-state index contributed by atoms with van der Waals surface area (Å²) in [5.41, 5.74) is 0.592. The number of alkyl halides is 2. The number of nitrogens with one attached hydrogen (secondary N) is 1. The van der Waals surface area contributed by atoms with Crippen LogP contribution in [0.15, 0.2) is 36.4 Å². The Balaban J connectivity index is 1.22. The number of rotatable bonds is 7. The minimum Gasteiger partial charge on any atom is -0.771 e. The highest BCUT2D eigenvalue weighted by Gasteiger charge is 2.53. The number of carbonyl (C=O) groups excluding carboxylic acids is 1. The molecule has 198 valence electrons. The van der Waals surface area contributed by atoms with Gasteiger partial charge >= 0.3 is 6.29 Å². The molecule has 1 amide bonds. The molecular weight excluding hydrogens is 510 g/mol. The van der Waals surface area contributed by atoms with Gasteiger partial charge < -0.3 is 28.8 Å². The third-order valence-electron chi connectivity index (χ3n) is 7.59. The van der Waals surface area contributed by atoms with Gasteiger partial charge in [0.15, 0.2) is 11.5 Å². The van der Waals surface area contributed by atoms with Crippen LogP contribution in [-0.4, -0.2) is 58.0 Å². The highest BCUT2D eigenvalue weighted by Crippen LogP contribution is 2.52. The van der Waals surface area contributed by atoms with Gasteiger partial charge in [-0.1, -0.05) is 6.07 Å². The van der Waals surface area contributed by atoms with Crippen LogP contribution in [-0.2, 0) is 21.3 Å². The first-order valence-corrected chi connectivity index (χ1v) is 13.2. The Hall–Kier alpha value is -2.96. The van der Waals surface area contributed by atoms with Crippen LogP contribution in [0.25, 0.3) is 0 Å². The molecule has 0 spiro atoms. The Morgan fingerprint density at radius 1 is 1.16 bits per heavy atom. The lowest BCUT2D eigenvalue weighted by Gasteiger charge is -2.46. The average molecular weight is 536 g/mol. The van der Waals surface area contributed by atoms with Crippen molar-refractivity contribution in [2.75, 3.05) is 26.1 Å². The fourth-order valence-corrected chi connectivity index (χ4v) is 5.95. The summed E-state index contributed by atoms with van der Waals surface area (Å²) < 4.78 is 69.7. The molecule has 12 heteroatoms. The lowest BCUT2D eigenvalue weighted by Crippen LogP contribution is -2.55. The number of likely N-dealkylation sites (tertiary alicyclic amines) is 1. The van der Waals surface area contributed by atoms with Crippen molar-refractivity contribution in [3.8, 4) is 23.0 Å². The zero-order valence-electron chi connectivity index (χ0n) is 19.9. The van der Waals surface area contributed by atoms with E-state index in [1.54, 1.807) is 25.3 Å². The number of hydrogen-bond acceptors (Lipinski definition) is 8. The zero-order chi connectivity index (χ0) is 25.9. The smallest absolute Gasteiger partial charge is 0.586 e. The minimum absolute atomic E-state index is 0.0161. The largest absolute Gasteiger partial charge is 0.771 e. The Bertz CT molecular complexity index is 1270. The van der Waals surface area contributed by atoms with Crippen molar-refractivity contribution in [2.24, 2.45) is 5.92 Å². The first-order chi connectivity index (χ1) is 17.7. The van der Waals surface area contributed by atoms with E-state index in [1.165, 1.54) is 12.1 Å². The number of fused-ring (bicyclic) bond motifs is 2. The highest BCUT2D eigenvalue weighted by molar-refractivity contribution is 7.79. The molecule has 3 atom stereocenters. The third kappa shape index (κ3) is 4.51. The molecule has 3 aliphatic heterocycles. The van der Waals surface area contributed by atoms with Gasteiger partial charge in [0.05, 0.1) is 24.4 Å². The number of methoxy groups -OCH3 is 1. The molecule has 37 heavy (non-hydrogen) atoms. The van der Waals surface area contributed by atoms with E-state index in [0.29, 0.717) is 49.4 Å². The van der Waals surface area contributed by atoms with E-state index in [1.807, 2.05) is 11.0 Å². The lowest BCUT2D eigenvalue weighted by molar-refractivity contribution is -0.286. The summed E-state index contributed by atoms with van der Waals surface area (Å²) in [6.07, 6.45) is -2.25. The summed E-state index contributed by atoms with van der Waals surface area (Å²) in [5.74, 6) is 1.00. The van der Waals surface area contributed by atoms with E-state index in [0.717, 1.165) is 5.56 Å². The number of benzene rings is 2. The van der Waals surface area contributed by atoms with Gasteiger partial charge in [0.2, 0.25) is 5.91 Å². The van der Waals surface area contributed by atoms with Crippen molar-refractivity contribution < 1.29 is 41.3 Å². The molecule has 0 aromatic heterocycles. The molecule has 1 saturated carbocycles. The summed E-state index contributed by atoms with van der Waals surface area (Å²) in [4.78, 5) is 15.4. The average Bonchev–Trinajstić information content (AvgIpc) is 3.57. The number of ether oxygens (including phenoxy) is 4. The summed E-state index contributed by atoms with van der Waals surface area (Å²) in [5, 5.41) is 3.18. The van der Waals surface area contributed by atoms with Crippen molar-refractivity contribution >= 4 is 17.0 Å². The number of nitrogens with zero attached hydrogens (tertiary/aromatic N) is 1. The molecule has 1 aliphatic carbocycles. The molecule has 1 N–H and O–H groups in total. The Morgan fingerprint density at radius 2 is 1.92 bits per heavy atom. The molecule has 6 rings (SSSR count). The van der Waals surface area contributed by atoms with Crippen molar-refractivity contribution in [3.63, 3.8) is 0 Å². The second-order valence-corrected chi connectivity index (χ2v) is 10.8. The first-order valence-electron chi connectivity index (χ1n) is 12.0. The van der Waals surface area contributed by atoms with Crippen LogP contribution in [0.3, 0.4) is 0 Å². The summed E-state index contributed by atoms with van der Waals surface area (Å²) >= 11 is -2.14. The van der Waals surface area contributed by atoms with Crippen LogP contribution in [0.1, 0.15) is 36.4 Å². The van der Waals surface area contributed by atoms with E-state index in [2.05, 4.69) is 14.8 Å². The standard InChI is InChI=1S/C25H26F2N2O7S/c1-33-16-3-4-17-18(10-20(34-21(17)9-16)14-11-29(12-14)13-37(31)32)28-23(30)24(6-7-24)15-2-5-19-22(8-15)36-25(26,27)35-19/h2-5,8-9,14,18,20H,6-7,10-13H2,1H3,(H,28,30)(H,31,32)/p-1. The molecule has 2 fully saturated rings. The van der Waals surface area contributed by atoms with Crippen LogP contribution in [0.4, 0.5) is 8.78 Å². The van der Waals surface area contributed by atoms with Gasteiger partial charge in [0, 0.05) is 37.1 Å². The van der Waals surface area contributed by atoms with Gasteiger partial charge in [0.1, 0.15) is 17.6 Å². The SMILES string of the molecule is COc1ccc2c(c1)OC(C1CN(CS(=O)[O-])C1)CC2NC(=O)C1(c2ccc3c(c2)OC(F)(F)O3)CC1. The number of hydrogen-bond donors (Lipinski definition) is 1. The van der Waals surface area contributed by atoms with Crippen LogP contribution >= 0.6 is 0 Å². The molecular formula is C25H25F2N2O7S-. The molecule has 0 radical (unpaired) electrons. The normalized spacial score (nSPS) is 25.8. The maximum atomic E-state index is 13.6. The first kappa shape index (κ1) is 24.4. The number of carbonyl (C=O) groups is 1. The Labute approximate surface area is 214 Å². The molecule has 3 unspecified atom stereocenters. The van der Waals surface area contributed by atoms with Crippen molar-refractivity contribution in [3.05, 3.63) is 47.5 Å². The van der Waals surface area contributed by atoms with Gasteiger partial charge in [0.25, 0.3) is 0 Å². The van der Waals surface area contributed by atoms with Crippen molar-refractivity contribution in [1.29, 1.82) is 0 Å². The van der Waals surface area contributed by atoms with E-state index >= 15 is 0 Å². The topological polar surface area (TPSA) is 109 Å². The van der Waals surface area contributed by atoms with Gasteiger partial charge in [-0.3, -0.25) is 13.9 Å². The lowest BCUT2D eigenvalue weighted by atomic mass is 9.85. The molecule has 0 bridgehead atoms. The number of halogens is 2. The molecule has 3 heterocycles. The van der Waals surface area contributed by atoms with Gasteiger partial charge in [-0.25, -0.2) is 0 Å². The predicted molar refractivity (Wildman–Crippen MR) is 125 cm³/mol. The van der Waals surface area contributed by atoms with Crippen LogP contribution in [0, 0.1) is 5.92 Å². The fourth-order valence-electron chi connectivity index (χ4n) is 5.44. The van der Waals surface area contributed by atoms with E-state index in [4.69, 9.17) is 9.47 Å². The second-order valence-electron chi connectivity index (χ2n) is 9.96. The molecule has 9 nitrogen and oxygen atoms in total. The molecule has 2 aromatic carbocycles. The number of amides is 1. The van der Waals surface area contributed by atoms with Crippen molar-refractivity contribution in [1.82, 2.24) is 10.2 Å². The maximum Gasteiger partial charge on any atom is 0.586 e. The van der Waals surface area contributed by atoms with E-state index in [9.17, 15) is 22.3 Å². The third-order valence-corrected chi connectivity index (χ3v) is 8.16. The maximum absolute atomic E-state index is 13.6. The highest BCUT2D eigenvalue weighted by atomic mass is 32.2. The summed E-state index contributed by atoms with van der Waals surface area (Å²) in [6, 6.07) is 9.61. The van der Waals surface area contributed by atoms with Crippen LogP contribution < -0.4 is 24.3 Å². The monoisotopic (exact) mass is 535 g/mol. The molecule has 4 aliphatic rings. The van der Waals surface area contributed by atoms with Crippen molar-refractivity contribution in [2.45, 2.75) is 43.1 Å². The van der Waals surface area contributed by atoms with Gasteiger partial charge in [-0.2, -0.15) is 0 Å². The Kier molecular flexibility index (Phi) is 5.81. The fraction of sp³-hybridized carbons (Fsp3) is 0.480. The molecule has 2 aromatic rings. The van der Waals surface area contributed by atoms with E-state index in [-0.39, 0.29) is 41.3 Å².